The Labute approximate surface area is 166 Å². The average molecular weight is 377 g/mol. The topological polar surface area (TPSA) is 59.8 Å². The number of hydrogen-bond acceptors (Lipinski definition) is 4. The number of ketones is 1. The van der Waals surface area contributed by atoms with Crippen molar-refractivity contribution in [1.29, 1.82) is 0 Å². The minimum Gasteiger partial charge on any atom is -0.328 e. The van der Waals surface area contributed by atoms with Gasteiger partial charge in [0.15, 0.2) is 0 Å². The summed E-state index contributed by atoms with van der Waals surface area (Å²) in [6.45, 7) is 4.41. The van der Waals surface area contributed by atoms with Gasteiger partial charge in [-0.15, -0.1) is 0 Å². The third-order valence-corrected chi connectivity index (χ3v) is 6.95. The molecule has 1 aliphatic heterocycles. The maximum absolute atomic E-state index is 13.5. The third-order valence-electron chi connectivity index (χ3n) is 6.95. The van der Waals surface area contributed by atoms with E-state index in [1.165, 1.54) is 17.5 Å². The SMILES string of the molecule is CC(C)c1ccc([C@@H]2C=C3Nc4ncnn4C4(CCCCC4)[C@@H]3C(=O)C2)cc1. The Morgan fingerprint density at radius 3 is 2.61 bits per heavy atom. The van der Waals surface area contributed by atoms with Crippen molar-refractivity contribution in [2.45, 2.75) is 69.7 Å². The molecule has 2 atom stereocenters. The maximum Gasteiger partial charge on any atom is 0.225 e. The lowest BCUT2D eigenvalue weighted by molar-refractivity contribution is -0.127. The first-order chi connectivity index (χ1) is 13.6. The predicted octanol–water partition coefficient (Wildman–Crippen LogP) is 4.74. The molecule has 0 bridgehead atoms. The second-order valence-corrected chi connectivity index (χ2v) is 8.94. The van der Waals surface area contributed by atoms with Crippen LogP contribution in [0.3, 0.4) is 0 Å². The van der Waals surface area contributed by atoms with Crippen LogP contribution in [0.15, 0.2) is 42.4 Å². The molecule has 2 aromatic rings. The van der Waals surface area contributed by atoms with Crippen LogP contribution in [0, 0.1) is 5.92 Å². The summed E-state index contributed by atoms with van der Waals surface area (Å²) in [6.07, 6.45) is 10.0. The number of anilines is 1. The normalized spacial score (nSPS) is 25.8. The Balaban J connectivity index is 1.55. The number of nitrogens with one attached hydrogen (secondary N) is 1. The zero-order chi connectivity index (χ0) is 19.3. The van der Waals surface area contributed by atoms with Crippen molar-refractivity contribution in [2.24, 2.45) is 5.92 Å². The van der Waals surface area contributed by atoms with E-state index in [9.17, 15) is 4.79 Å². The van der Waals surface area contributed by atoms with Gasteiger partial charge in [0.2, 0.25) is 5.95 Å². The van der Waals surface area contributed by atoms with Crippen molar-refractivity contribution in [3.8, 4) is 0 Å². The van der Waals surface area contributed by atoms with Gasteiger partial charge in [-0.05, 0) is 29.9 Å². The lowest BCUT2D eigenvalue weighted by atomic mass is 9.65. The standard InChI is InChI=1S/C23H28N4O/c1-15(2)16-6-8-17(9-7-16)18-12-19-21(20(28)13-18)23(10-4-3-5-11-23)27-22(26-19)24-14-25-27/h6-9,12,14-15,18,21H,3-5,10-11,13H2,1-2H3,(H,24,25,26)/t18-,21+/m1/s1. The fourth-order valence-electron chi connectivity index (χ4n) is 5.49. The first-order valence-corrected chi connectivity index (χ1v) is 10.6. The molecule has 0 radical (unpaired) electrons. The molecule has 5 rings (SSSR count). The number of carbonyl (C=O) groups excluding carboxylic acids is 1. The van der Waals surface area contributed by atoms with Gasteiger partial charge in [0.1, 0.15) is 12.1 Å². The highest BCUT2D eigenvalue weighted by molar-refractivity contribution is 5.89. The number of nitrogens with zero attached hydrogens (tertiary/aromatic N) is 3. The Morgan fingerprint density at radius 2 is 1.89 bits per heavy atom. The Morgan fingerprint density at radius 1 is 1.14 bits per heavy atom. The van der Waals surface area contributed by atoms with Crippen LogP contribution in [-0.4, -0.2) is 20.5 Å². The number of hydrogen-bond donors (Lipinski definition) is 1. The molecule has 2 heterocycles. The van der Waals surface area contributed by atoms with E-state index in [4.69, 9.17) is 0 Å². The summed E-state index contributed by atoms with van der Waals surface area (Å²) in [7, 11) is 0. The van der Waals surface area contributed by atoms with Crippen LogP contribution in [0.1, 0.15) is 75.3 Å². The Kier molecular flexibility index (Phi) is 4.14. The van der Waals surface area contributed by atoms with Crippen LogP contribution in [-0.2, 0) is 10.3 Å². The zero-order valence-electron chi connectivity index (χ0n) is 16.7. The molecular formula is C23H28N4O. The summed E-state index contributed by atoms with van der Waals surface area (Å²) in [5.74, 6) is 1.65. The van der Waals surface area contributed by atoms with Gasteiger partial charge >= 0.3 is 0 Å². The van der Waals surface area contributed by atoms with Gasteiger partial charge in [-0.1, -0.05) is 63.5 Å². The molecule has 5 heteroatoms. The van der Waals surface area contributed by atoms with Crippen molar-refractivity contribution >= 4 is 11.7 Å². The van der Waals surface area contributed by atoms with E-state index >= 15 is 0 Å². The van der Waals surface area contributed by atoms with Crippen molar-refractivity contribution in [2.75, 3.05) is 5.32 Å². The molecule has 1 N–H and O–H groups in total. The molecule has 3 aliphatic rings. The van der Waals surface area contributed by atoms with Gasteiger partial charge in [0.05, 0.1) is 11.5 Å². The number of allylic oxidation sites excluding steroid dienone is 2. The van der Waals surface area contributed by atoms with Crippen LogP contribution >= 0.6 is 0 Å². The molecule has 2 aliphatic carbocycles. The predicted molar refractivity (Wildman–Crippen MR) is 109 cm³/mol. The molecule has 146 valence electrons. The number of benzene rings is 1. The quantitative estimate of drug-likeness (QED) is 0.822. The molecule has 0 saturated heterocycles. The van der Waals surface area contributed by atoms with Gasteiger partial charge in [0, 0.05) is 18.0 Å². The molecule has 1 fully saturated rings. The molecule has 1 saturated carbocycles. The first-order valence-electron chi connectivity index (χ1n) is 10.6. The van der Waals surface area contributed by atoms with E-state index in [2.05, 4.69) is 59.6 Å². The molecule has 1 aromatic heterocycles. The smallest absolute Gasteiger partial charge is 0.225 e. The van der Waals surface area contributed by atoms with E-state index in [0.717, 1.165) is 37.3 Å². The van der Waals surface area contributed by atoms with Crippen LogP contribution in [0.25, 0.3) is 0 Å². The van der Waals surface area contributed by atoms with Crippen molar-refractivity contribution in [1.82, 2.24) is 14.8 Å². The van der Waals surface area contributed by atoms with E-state index in [-0.39, 0.29) is 17.4 Å². The van der Waals surface area contributed by atoms with Crippen LogP contribution < -0.4 is 5.32 Å². The largest absolute Gasteiger partial charge is 0.328 e. The summed E-state index contributed by atoms with van der Waals surface area (Å²) < 4.78 is 2.02. The number of aromatic nitrogens is 3. The summed E-state index contributed by atoms with van der Waals surface area (Å²) in [5.41, 5.74) is 3.36. The fourth-order valence-corrected chi connectivity index (χ4v) is 5.49. The Bertz CT molecular complexity index is 918. The van der Waals surface area contributed by atoms with Crippen LogP contribution in [0.4, 0.5) is 5.95 Å². The summed E-state index contributed by atoms with van der Waals surface area (Å²) in [6, 6.07) is 8.77. The summed E-state index contributed by atoms with van der Waals surface area (Å²) in [4.78, 5) is 17.9. The van der Waals surface area contributed by atoms with Gasteiger partial charge in [-0.2, -0.15) is 10.1 Å². The molecule has 5 nitrogen and oxygen atoms in total. The number of Topliss-reactive ketones (excluding diaryl/α,β-unsaturated/α-hetero) is 1. The molecule has 28 heavy (non-hydrogen) atoms. The van der Waals surface area contributed by atoms with Crippen molar-refractivity contribution in [3.63, 3.8) is 0 Å². The molecule has 0 unspecified atom stereocenters. The maximum atomic E-state index is 13.5. The van der Waals surface area contributed by atoms with Crippen molar-refractivity contribution < 1.29 is 4.79 Å². The number of carbonyl (C=O) groups is 1. The third kappa shape index (κ3) is 2.63. The molecule has 0 amide bonds. The lowest BCUT2D eigenvalue weighted by Crippen LogP contribution is -2.53. The average Bonchev–Trinajstić information content (AvgIpc) is 3.18. The first kappa shape index (κ1) is 17.7. The molecule has 1 spiro atoms. The molecule has 1 aromatic carbocycles. The van der Waals surface area contributed by atoms with E-state index in [0.29, 0.717) is 18.1 Å². The second-order valence-electron chi connectivity index (χ2n) is 8.94. The highest BCUT2D eigenvalue weighted by atomic mass is 16.1. The lowest BCUT2D eigenvalue weighted by Gasteiger charge is -2.48. The second kappa shape index (κ2) is 6.57. The van der Waals surface area contributed by atoms with E-state index in [1.807, 2.05) is 4.68 Å². The van der Waals surface area contributed by atoms with Gasteiger partial charge in [-0.3, -0.25) is 4.79 Å². The molecular weight excluding hydrogens is 348 g/mol. The highest BCUT2D eigenvalue weighted by Gasteiger charge is 2.53. The van der Waals surface area contributed by atoms with Gasteiger partial charge in [0.25, 0.3) is 0 Å². The van der Waals surface area contributed by atoms with Crippen molar-refractivity contribution in [3.05, 3.63) is 53.5 Å². The fraction of sp³-hybridized carbons (Fsp3) is 0.522. The van der Waals surface area contributed by atoms with E-state index < -0.39 is 0 Å². The minimum absolute atomic E-state index is 0.117. The minimum atomic E-state index is -0.231. The monoisotopic (exact) mass is 376 g/mol. The highest BCUT2D eigenvalue weighted by Crippen LogP contribution is 2.51. The van der Waals surface area contributed by atoms with E-state index in [1.54, 1.807) is 6.33 Å². The summed E-state index contributed by atoms with van der Waals surface area (Å²) in [5, 5.41) is 7.97. The number of fused-ring (bicyclic) bond motifs is 4. The van der Waals surface area contributed by atoms with Gasteiger partial charge < -0.3 is 5.32 Å². The van der Waals surface area contributed by atoms with Crippen LogP contribution in [0.2, 0.25) is 0 Å². The summed E-state index contributed by atoms with van der Waals surface area (Å²) >= 11 is 0. The number of rotatable bonds is 2. The van der Waals surface area contributed by atoms with Gasteiger partial charge in [-0.25, -0.2) is 4.68 Å². The van der Waals surface area contributed by atoms with Crippen LogP contribution in [0.5, 0.6) is 0 Å². The Hall–Kier alpha value is -2.43. The zero-order valence-corrected chi connectivity index (χ0v) is 16.7.